The second-order valence-electron chi connectivity index (χ2n) is 7.42. The van der Waals surface area contributed by atoms with E-state index >= 15 is 0 Å². The van der Waals surface area contributed by atoms with Crippen LogP contribution in [0.25, 0.3) is 11.1 Å². The van der Waals surface area contributed by atoms with E-state index in [4.69, 9.17) is 4.74 Å². The summed E-state index contributed by atoms with van der Waals surface area (Å²) in [4.78, 5) is 16.7. The third-order valence-corrected chi connectivity index (χ3v) is 6.36. The Morgan fingerprint density at radius 3 is 2.59 bits per heavy atom. The van der Waals surface area contributed by atoms with Gasteiger partial charge < -0.3 is 4.74 Å². The molecular weight excluding hydrogens is 393 g/mol. The molecule has 0 radical (unpaired) electrons. The molecule has 0 atom stereocenters. The Morgan fingerprint density at radius 1 is 1.24 bits per heavy atom. The summed E-state index contributed by atoms with van der Waals surface area (Å²) >= 11 is 0. The van der Waals surface area contributed by atoms with Gasteiger partial charge >= 0.3 is 0 Å². The minimum absolute atomic E-state index is 0.00407. The average Bonchev–Trinajstić information content (AvgIpc) is 2.66. The summed E-state index contributed by atoms with van der Waals surface area (Å²) in [5.41, 5.74) is 2.55. The van der Waals surface area contributed by atoms with E-state index in [2.05, 4.69) is 4.98 Å². The maximum Gasteiger partial charge on any atom is 0.213 e. The van der Waals surface area contributed by atoms with Crippen molar-refractivity contribution in [2.75, 3.05) is 18.6 Å². The molecule has 29 heavy (non-hydrogen) atoms. The highest BCUT2D eigenvalue weighted by Gasteiger charge is 2.22. The van der Waals surface area contributed by atoms with Crippen molar-refractivity contribution in [1.82, 2.24) is 4.98 Å². The number of methoxy groups -OCH3 is 1. The van der Waals surface area contributed by atoms with Gasteiger partial charge in [-0.25, -0.2) is 17.8 Å². The average molecular weight is 422 g/mol. The number of sulfone groups is 1. The number of carbonyl (C=O) groups excluding carboxylic acids is 1. The van der Waals surface area contributed by atoms with Gasteiger partial charge in [0.1, 0.15) is 11.6 Å². The fraction of sp³-hybridized carbons (Fsp3) is 0.455. The van der Waals surface area contributed by atoms with E-state index in [1.165, 1.54) is 19.2 Å². The standard InChI is InChI=1S/C22H28FNO4S/c1-5-6-9-29(26,27)14-18(25)13-21-19(15(2)3)11-17(23)12-20(21)16-7-8-24-22(10-16)28-4/h7-8,10-12,15H,5-6,9,13-14H2,1-4H3. The van der Waals surface area contributed by atoms with Crippen LogP contribution in [-0.4, -0.2) is 37.8 Å². The molecule has 0 spiro atoms. The first-order valence-electron chi connectivity index (χ1n) is 9.71. The van der Waals surface area contributed by atoms with Gasteiger partial charge in [-0.1, -0.05) is 27.2 Å². The SMILES string of the molecule is CCCCS(=O)(=O)CC(=O)Cc1c(-c2ccnc(OC)c2)cc(F)cc1C(C)C. The normalized spacial score (nSPS) is 11.7. The van der Waals surface area contributed by atoms with Crippen LogP contribution in [0, 0.1) is 5.82 Å². The molecule has 5 nitrogen and oxygen atoms in total. The zero-order valence-electron chi connectivity index (χ0n) is 17.4. The number of benzene rings is 1. The maximum atomic E-state index is 14.4. The van der Waals surface area contributed by atoms with Crippen LogP contribution in [-0.2, 0) is 21.1 Å². The number of pyridine rings is 1. The van der Waals surface area contributed by atoms with Crippen LogP contribution in [0.4, 0.5) is 4.39 Å². The molecule has 0 aliphatic rings. The molecule has 7 heteroatoms. The first kappa shape index (κ1) is 23.0. The van der Waals surface area contributed by atoms with Gasteiger partial charge in [0.15, 0.2) is 15.6 Å². The van der Waals surface area contributed by atoms with E-state index in [0.29, 0.717) is 34.6 Å². The van der Waals surface area contributed by atoms with Gasteiger partial charge in [-0.3, -0.25) is 4.79 Å². The summed E-state index contributed by atoms with van der Waals surface area (Å²) < 4.78 is 43.9. The Balaban J connectivity index is 2.47. The van der Waals surface area contributed by atoms with Crippen LogP contribution in [0.2, 0.25) is 0 Å². The number of rotatable bonds is 10. The Bertz CT molecular complexity index is 971. The van der Waals surface area contributed by atoms with E-state index in [1.54, 1.807) is 18.3 Å². The summed E-state index contributed by atoms with van der Waals surface area (Å²) in [5, 5.41) is 0. The number of ketones is 1. The Hall–Kier alpha value is -2.28. The number of halogens is 1. The summed E-state index contributed by atoms with van der Waals surface area (Å²) in [6.45, 7) is 5.73. The Kier molecular flexibility index (Phi) is 7.90. The van der Waals surface area contributed by atoms with Crippen molar-refractivity contribution in [2.24, 2.45) is 0 Å². The third kappa shape index (κ3) is 6.35. The molecule has 0 fully saturated rings. The number of nitrogens with zero attached hydrogens (tertiary/aromatic N) is 1. The van der Waals surface area contributed by atoms with Crippen LogP contribution in [0.1, 0.15) is 50.7 Å². The predicted molar refractivity (Wildman–Crippen MR) is 113 cm³/mol. The molecule has 0 unspecified atom stereocenters. The van der Waals surface area contributed by atoms with Crippen molar-refractivity contribution in [3.8, 4) is 17.0 Å². The minimum Gasteiger partial charge on any atom is -0.481 e. The summed E-state index contributed by atoms with van der Waals surface area (Å²) in [7, 11) is -1.96. The lowest BCUT2D eigenvalue weighted by atomic mass is 9.87. The van der Waals surface area contributed by atoms with Crippen molar-refractivity contribution >= 4 is 15.6 Å². The summed E-state index contributed by atoms with van der Waals surface area (Å²) in [6, 6.07) is 6.17. The molecule has 0 amide bonds. The number of Topliss-reactive ketones (excluding diaryl/α,β-unsaturated/α-hetero) is 1. The van der Waals surface area contributed by atoms with Crippen molar-refractivity contribution in [3.63, 3.8) is 0 Å². The monoisotopic (exact) mass is 421 g/mol. The zero-order chi connectivity index (χ0) is 21.6. The molecule has 2 rings (SSSR count). The van der Waals surface area contributed by atoms with Crippen LogP contribution < -0.4 is 4.74 Å². The van der Waals surface area contributed by atoms with Gasteiger partial charge in [-0.15, -0.1) is 0 Å². The van der Waals surface area contributed by atoms with Gasteiger partial charge in [0, 0.05) is 18.7 Å². The molecule has 0 saturated carbocycles. The molecule has 0 aliphatic heterocycles. The molecule has 2 aromatic rings. The molecule has 1 heterocycles. The van der Waals surface area contributed by atoms with Crippen LogP contribution in [0.3, 0.4) is 0 Å². The highest BCUT2D eigenvalue weighted by Crippen LogP contribution is 2.33. The number of hydrogen-bond acceptors (Lipinski definition) is 5. The topological polar surface area (TPSA) is 73.3 Å². The van der Waals surface area contributed by atoms with Gasteiger partial charge in [-0.2, -0.15) is 0 Å². The number of carbonyl (C=O) groups is 1. The predicted octanol–water partition coefficient (Wildman–Crippen LogP) is 4.35. The smallest absolute Gasteiger partial charge is 0.213 e. The highest BCUT2D eigenvalue weighted by molar-refractivity contribution is 7.92. The lowest BCUT2D eigenvalue weighted by molar-refractivity contribution is -0.116. The van der Waals surface area contributed by atoms with E-state index in [9.17, 15) is 17.6 Å². The molecular formula is C22H28FNO4S. The van der Waals surface area contributed by atoms with Crippen molar-refractivity contribution in [1.29, 1.82) is 0 Å². The molecule has 0 aliphatic carbocycles. The molecule has 0 N–H and O–H groups in total. The van der Waals surface area contributed by atoms with E-state index in [-0.39, 0.29) is 18.1 Å². The number of ether oxygens (including phenoxy) is 1. The quantitative estimate of drug-likeness (QED) is 0.570. The van der Waals surface area contributed by atoms with E-state index < -0.39 is 27.2 Å². The molecule has 1 aromatic carbocycles. The zero-order valence-corrected chi connectivity index (χ0v) is 18.2. The first-order valence-corrected chi connectivity index (χ1v) is 11.5. The Labute approximate surface area is 172 Å². The van der Waals surface area contributed by atoms with Crippen molar-refractivity contribution in [2.45, 2.75) is 46.0 Å². The lowest BCUT2D eigenvalue weighted by Crippen LogP contribution is -2.21. The van der Waals surface area contributed by atoms with Gasteiger partial charge in [-0.05, 0) is 52.8 Å². The maximum absolute atomic E-state index is 14.4. The molecule has 0 saturated heterocycles. The first-order chi connectivity index (χ1) is 13.7. The Morgan fingerprint density at radius 2 is 1.97 bits per heavy atom. The van der Waals surface area contributed by atoms with Crippen LogP contribution in [0.15, 0.2) is 30.5 Å². The summed E-state index contributed by atoms with van der Waals surface area (Å²) in [5.74, 6) is -0.960. The third-order valence-electron chi connectivity index (χ3n) is 4.69. The van der Waals surface area contributed by atoms with E-state index in [0.717, 1.165) is 6.42 Å². The second-order valence-corrected chi connectivity index (χ2v) is 9.61. The second kappa shape index (κ2) is 9.96. The molecule has 0 bridgehead atoms. The largest absolute Gasteiger partial charge is 0.481 e. The number of hydrogen-bond donors (Lipinski definition) is 0. The van der Waals surface area contributed by atoms with Gasteiger partial charge in [0.25, 0.3) is 0 Å². The minimum atomic E-state index is -3.45. The van der Waals surface area contributed by atoms with Crippen LogP contribution in [0.5, 0.6) is 5.88 Å². The van der Waals surface area contributed by atoms with Gasteiger partial charge in [0.2, 0.25) is 5.88 Å². The number of unbranched alkanes of at least 4 members (excludes halogenated alkanes) is 1. The van der Waals surface area contributed by atoms with Crippen LogP contribution >= 0.6 is 0 Å². The van der Waals surface area contributed by atoms with Crippen molar-refractivity contribution in [3.05, 3.63) is 47.4 Å². The molecule has 158 valence electrons. The number of aromatic nitrogens is 1. The fourth-order valence-corrected chi connectivity index (χ4v) is 4.71. The highest BCUT2D eigenvalue weighted by atomic mass is 32.2. The fourth-order valence-electron chi connectivity index (χ4n) is 3.25. The van der Waals surface area contributed by atoms with E-state index in [1.807, 2.05) is 20.8 Å². The van der Waals surface area contributed by atoms with Crippen molar-refractivity contribution < 1.29 is 22.3 Å². The lowest BCUT2D eigenvalue weighted by Gasteiger charge is -2.18. The summed E-state index contributed by atoms with van der Waals surface area (Å²) in [6.07, 6.45) is 2.76. The molecule has 1 aromatic heterocycles. The van der Waals surface area contributed by atoms with Gasteiger partial charge in [0.05, 0.1) is 12.9 Å².